The highest BCUT2D eigenvalue weighted by Gasteiger charge is 2.21. The van der Waals surface area contributed by atoms with Crippen LogP contribution in [0.3, 0.4) is 0 Å². The zero-order valence-corrected chi connectivity index (χ0v) is 15.9. The Morgan fingerprint density at radius 2 is 1.67 bits per heavy atom. The highest BCUT2D eigenvalue weighted by atomic mass is 16.5. The Morgan fingerprint density at radius 3 is 2.37 bits per heavy atom. The molecule has 0 spiro atoms. The van der Waals surface area contributed by atoms with Gasteiger partial charge in [-0.3, -0.25) is 4.79 Å². The van der Waals surface area contributed by atoms with Gasteiger partial charge in [0.1, 0.15) is 5.75 Å². The van der Waals surface area contributed by atoms with Crippen LogP contribution in [-0.4, -0.2) is 57.8 Å². The van der Waals surface area contributed by atoms with E-state index in [4.69, 9.17) is 14.2 Å². The summed E-state index contributed by atoms with van der Waals surface area (Å²) in [5.74, 6) is 2.31. The zero-order valence-electron chi connectivity index (χ0n) is 15.9. The second-order valence-electron chi connectivity index (χ2n) is 6.32. The molecule has 0 unspecified atom stereocenters. The van der Waals surface area contributed by atoms with E-state index in [0.29, 0.717) is 37.6 Å². The molecule has 1 aliphatic heterocycles. The summed E-state index contributed by atoms with van der Waals surface area (Å²) in [6.45, 7) is 3.39. The second-order valence-corrected chi connectivity index (χ2v) is 6.32. The zero-order chi connectivity index (χ0) is 19.1. The largest absolute Gasteiger partial charge is 0.497 e. The van der Waals surface area contributed by atoms with E-state index in [1.807, 2.05) is 47.4 Å². The first kappa shape index (κ1) is 18.9. The minimum Gasteiger partial charge on any atom is -0.497 e. The summed E-state index contributed by atoms with van der Waals surface area (Å²) in [5.41, 5.74) is 1.13. The molecule has 0 aliphatic carbocycles. The molecule has 1 aliphatic rings. The van der Waals surface area contributed by atoms with Gasteiger partial charge in [-0.25, -0.2) is 0 Å². The topological polar surface area (TPSA) is 51.2 Å². The first-order valence-electron chi connectivity index (χ1n) is 9.14. The number of piperazine rings is 1. The lowest BCUT2D eigenvalue weighted by molar-refractivity contribution is -0.132. The minimum absolute atomic E-state index is 0.121. The summed E-state index contributed by atoms with van der Waals surface area (Å²) in [4.78, 5) is 16.6. The third-order valence-corrected chi connectivity index (χ3v) is 4.69. The maximum Gasteiger partial charge on any atom is 0.226 e. The van der Waals surface area contributed by atoms with Crippen molar-refractivity contribution in [3.8, 4) is 17.2 Å². The van der Waals surface area contributed by atoms with Crippen LogP contribution in [0.25, 0.3) is 0 Å². The number of rotatable bonds is 7. The highest BCUT2D eigenvalue weighted by Crippen LogP contribution is 2.26. The molecule has 27 heavy (non-hydrogen) atoms. The molecule has 1 amide bonds. The fourth-order valence-corrected chi connectivity index (χ4v) is 3.17. The summed E-state index contributed by atoms with van der Waals surface area (Å²) < 4.78 is 16.3. The highest BCUT2D eigenvalue weighted by molar-refractivity contribution is 5.76. The number of hydrogen-bond donors (Lipinski definition) is 0. The van der Waals surface area contributed by atoms with E-state index in [9.17, 15) is 4.79 Å². The standard InChI is InChI=1S/C21H26N2O4/c1-25-18-7-5-6-17(16-18)22-11-13-23(14-12-22)21(24)10-15-27-20-9-4-3-8-19(20)26-2/h3-9,16H,10-15H2,1-2H3. The van der Waals surface area contributed by atoms with Crippen molar-refractivity contribution < 1.29 is 19.0 Å². The first-order chi connectivity index (χ1) is 13.2. The SMILES string of the molecule is COc1cccc(N2CCN(C(=O)CCOc3ccccc3OC)CC2)c1. The number of amides is 1. The van der Waals surface area contributed by atoms with E-state index >= 15 is 0 Å². The van der Waals surface area contributed by atoms with E-state index in [2.05, 4.69) is 11.0 Å². The van der Waals surface area contributed by atoms with Crippen molar-refractivity contribution >= 4 is 11.6 Å². The van der Waals surface area contributed by atoms with Gasteiger partial charge in [0.2, 0.25) is 5.91 Å². The average molecular weight is 370 g/mol. The molecule has 0 aromatic heterocycles. The van der Waals surface area contributed by atoms with E-state index in [1.165, 1.54) is 0 Å². The summed E-state index contributed by atoms with van der Waals surface area (Å²) in [6, 6.07) is 15.5. The number of anilines is 1. The van der Waals surface area contributed by atoms with Crippen LogP contribution >= 0.6 is 0 Å². The molecule has 2 aromatic rings. The molecule has 1 fully saturated rings. The van der Waals surface area contributed by atoms with Gasteiger partial charge in [-0.15, -0.1) is 0 Å². The predicted octanol–water partition coefficient (Wildman–Crippen LogP) is 2.82. The minimum atomic E-state index is 0.121. The Balaban J connectivity index is 1.45. The number of benzene rings is 2. The van der Waals surface area contributed by atoms with Gasteiger partial charge >= 0.3 is 0 Å². The molecular weight excluding hydrogens is 344 g/mol. The lowest BCUT2D eigenvalue weighted by Gasteiger charge is -2.36. The lowest BCUT2D eigenvalue weighted by atomic mass is 10.2. The quantitative estimate of drug-likeness (QED) is 0.750. The van der Waals surface area contributed by atoms with Gasteiger partial charge in [-0.1, -0.05) is 18.2 Å². The van der Waals surface area contributed by atoms with E-state index in [1.54, 1.807) is 14.2 Å². The summed E-state index contributed by atoms with van der Waals surface area (Å²) in [7, 11) is 3.28. The fourth-order valence-electron chi connectivity index (χ4n) is 3.17. The molecule has 0 bridgehead atoms. The maximum atomic E-state index is 12.5. The Labute approximate surface area is 160 Å². The van der Waals surface area contributed by atoms with Crippen molar-refractivity contribution in [2.24, 2.45) is 0 Å². The molecule has 2 aromatic carbocycles. The Morgan fingerprint density at radius 1 is 0.926 bits per heavy atom. The molecule has 0 N–H and O–H groups in total. The van der Waals surface area contributed by atoms with Crippen molar-refractivity contribution in [1.82, 2.24) is 4.90 Å². The van der Waals surface area contributed by atoms with Crippen LogP contribution in [0, 0.1) is 0 Å². The van der Waals surface area contributed by atoms with Gasteiger partial charge in [0, 0.05) is 37.9 Å². The van der Waals surface area contributed by atoms with Gasteiger partial charge in [0.25, 0.3) is 0 Å². The van der Waals surface area contributed by atoms with Crippen molar-refractivity contribution in [3.63, 3.8) is 0 Å². The van der Waals surface area contributed by atoms with Crippen LogP contribution in [0.15, 0.2) is 48.5 Å². The van der Waals surface area contributed by atoms with Gasteiger partial charge < -0.3 is 24.0 Å². The molecule has 0 radical (unpaired) electrons. The van der Waals surface area contributed by atoms with Crippen LogP contribution in [-0.2, 0) is 4.79 Å². The molecule has 1 heterocycles. The third-order valence-electron chi connectivity index (χ3n) is 4.69. The van der Waals surface area contributed by atoms with Gasteiger partial charge in [-0.2, -0.15) is 0 Å². The van der Waals surface area contributed by atoms with Crippen LogP contribution in [0.4, 0.5) is 5.69 Å². The van der Waals surface area contributed by atoms with Crippen LogP contribution in [0.2, 0.25) is 0 Å². The number of hydrogen-bond acceptors (Lipinski definition) is 5. The van der Waals surface area contributed by atoms with Crippen molar-refractivity contribution in [2.45, 2.75) is 6.42 Å². The van der Waals surface area contributed by atoms with Crippen molar-refractivity contribution in [1.29, 1.82) is 0 Å². The number of para-hydroxylation sites is 2. The molecule has 6 heteroatoms. The molecular formula is C21H26N2O4. The number of methoxy groups -OCH3 is 2. The van der Waals surface area contributed by atoms with E-state index < -0.39 is 0 Å². The molecule has 6 nitrogen and oxygen atoms in total. The molecule has 0 saturated carbocycles. The maximum absolute atomic E-state index is 12.5. The molecule has 144 valence electrons. The summed E-state index contributed by atoms with van der Waals surface area (Å²) in [5, 5.41) is 0. The van der Waals surface area contributed by atoms with Crippen LogP contribution in [0.1, 0.15) is 6.42 Å². The van der Waals surface area contributed by atoms with Crippen LogP contribution in [0.5, 0.6) is 17.2 Å². The van der Waals surface area contributed by atoms with Gasteiger partial charge in [0.05, 0.1) is 27.2 Å². The first-order valence-corrected chi connectivity index (χ1v) is 9.14. The predicted molar refractivity (Wildman–Crippen MR) is 105 cm³/mol. The Kier molecular flexibility index (Phi) is 6.41. The van der Waals surface area contributed by atoms with Crippen molar-refractivity contribution in [3.05, 3.63) is 48.5 Å². The van der Waals surface area contributed by atoms with Gasteiger partial charge in [-0.05, 0) is 24.3 Å². The van der Waals surface area contributed by atoms with E-state index in [0.717, 1.165) is 24.5 Å². The average Bonchev–Trinajstić information content (AvgIpc) is 2.74. The fraction of sp³-hybridized carbons (Fsp3) is 0.381. The number of carbonyl (C=O) groups excluding carboxylic acids is 1. The van der Waals surface area contributed by atoms with Crippen molar-refractivity contribution in [2.75, 3.05) is 51.9 Å². The normalized spacial score (nSPS) is 14.0. The van der Waals surface area contributed by atoms with Gasteiger partial charge in [0.15, 0.2) is 11.5 Å². The second kappa shape index (κ2) is 9.16. The van der Waals surface area contributed by atoms with E-state index in [-0.39, 0.29) is 5.91 Å². The molecule has 1 saturated heterocycles. The Hall–Kier alpha value is -2.89. The number of carbonyl (C=O) groups is 1. The number of nitrogens with zero attached hydrogens (tertiary/aromatic N) is 2. The number of ether oxygens (including phenoxy) is 3. The summed E-state index contributed by atoms with van der Waals surface area (Å²) >= 11 is 0. The molecule has 0 atom stereocenters. The molecule has 3 rings (SSSR count). The lowest BCUT2D eigenvalue weighted by Crippen LogP contribution is -2.49. The monoisotopic (exact) mass is 370 g/mol. The van der Waals surface area contributed by atoms with Crippen LogP contribution < -0.4 is 19.1 Å². The smallest absolute Gasteiger partial charge is 0.226 e. The Bertz CT molecular complexity index is 757. The summed E-state index contributed by atoms with van der Waals surface area (Å²) in [6.07, 6.45) is 0.358. The third kappa shape index (κ3) is 4.84.